The third kappa shape index (κ3) is 4.76. The number of likely N-dealkylation sites (N-methyl/N-ethyl adjacent to an activating group) is 1. The van der Waals surface area contributed by atoms with Crippen LogP contribution in [0.5, 0.6) is 0 Å². The summed E-state index contributed by atoms with van der Waals surface area (Å²) in [6.07, 6.45) is 6.04. The molecule has 0 bridgehead atoms. The summed E-state index contributed by atoms with van der Waals surface area (Å²) in [6.45, 7) is 1.82. The largest absolute Gasteiger partial charge is 0.461 e. The molecule has 2 aliphatic heterocycles. The Labute approximate surface area is 184 Å². The lowest BCUT2D eigenvalue weighted by atomic mass is 9.76. The molecule has 1 saturated carbocycles. The van der Waals surface area contributed by atoms with E-state index >= 15 is 0 Å². The maximum absolute atomic E-state index is 13.1. The van der Waals surface area contributed by atoms with Crippen molar-refractivity contribution in [1.29, 1.82) is 0 Å². The number of esters is 1. The molecule has 1 aliphatic carbocycles. The predicted molar refractivity (Wildman–Crippen MR) is 118 cm³/mol. The van der Waals surface area contributed by atoms with E-state index in [0.717, 1.165) is 38.6 Å². The molecule has 1 N–H and O–H groups in total. The van der Waals surface area contributed by atoms with Gasteiger partial charge in [-0.2, -0.15) is 0 Å². The molecule has 2 saturated heterocycles. The molecular formula is C24H33N3O4. The molecule has 3 aliphatic rings. The highest BCUT2D eigenvalue weighted by Gasteiger charge is 2.50. The Hall–Kier alpha value is -2.41. The van der Waals surface area contributed by atoms with Crippen LogP contribution >= 0.6 is 0 Å². The third-order valence-corrected chi connectivity index (χ3v) is 7.00. The van der Waals surface area contributed by atoms with Gasteiger partial charge in [0, 0.05) is 43.2 Å². The van der Waals surface area contributed by atoms with Gasteiger partial charge in [0.25, 0.3) is 5.91 Å². The number of amides is 2. The van der Waals surface area contributed by atoms with E-state index in [0.29, 0.717) is 37.2 Å². The molecule has 4 rings (SSSR count). The Balaban J connectivity index is 1.35. The fourth-order valence-corrected chi connectivity index (χ4v) is 5.24. The van der Waals surface area contributed by atoms with Crippen LogP contribution in [0.2, 0.25) is 0 Å². The summed E-state index contributed by atoms with van der Waals surface area (Å²) in [5.74, 6) is -0.0275. The topological polar surface area (TPSA) is 79.0 Å². The van der Waals surface area contributed by atoms with Gasteiger partial charge in [-0.05, 0) is 58.0 Å². The minimum atomic E-state index is -0.450. The van der Waals surface area contributed by atoms with E-state index in [1.165, 1.54) is 0 Å². The summed E-state index contributed by atoms with van der Waals surface area (Å²) < 4.78 is 5.62. The second-order valence-corrected chi connectivity index (χ2v) is 9.62. The molecule has 1 unspecified atom stereocenters. The number of anilines is 1. The zero-order chi connectivity index (χ0) is 22.0. The third-order valence-electron chi connectivity index (χ3n) is 7.00. The van der Waals surface area contributed by atoms with Crippen molar-refractivity contribution in [3.63, 3.8) is 0 Å². The van der Waals surface area contributed by atoms with Crippen LogP contribution in [-0.4, -0.2) is 67.4 Å². The number of nitrogens with one attached hydrogen (secondary N) is 1. The molecule has 0 radical (unpaired) electrons. The molecule has 1 atom stereocenters. The van der Waals surface area contributed by atoms with E-state index in [4.69, 9.17) is 4.74 Å². The number of carbonyl (C=O) groups excluding carboxylic acids is 3. The van der Waals surface area contributed by atoms with Crippen LogP contribution in [0.25, 0.3) is 0 Å². The Bertz CT molecular complexity index is 839. The molecule has 7 heteroatoms. The number of cyclic esters (lactones) is 1. The van der Waals surface area contributed by atoms with Crippen LogP contribution in [0.1, 0.15) is 55.3 Å². The Morgan fingerprint density at radius 3 is 2.58 bits per heavy atom. The van der Waals surface area contributed by atoms with Gasteiger partial charge in [-0.1, -0.05) is 18.9 Å². The molecule has 31 heavy (non-hydrogen) atoms. The first kappa shape index (κ1) is 21.8. The van der Waals surface area contributed by atoms with Crippen molar-refractivity contribution in [2.45, 2.75) is 51.0 Å². The molecule has 1 spiro atoms. The van der Waals surface area contributed by atoms with Crippen molar-refractivity contribution >= 4 is 23.5 Å². The highest BCUT2D eigenvalue weighted by molar-refractivity contribution is 5.98. The average Bonchev–Trinajstić information content (AvgIpc) is 3.37. The van der Waals surface area contributed by atoms with E-state index in [-0.39, 0.29) is 29.8 Å². The van der Waals surface area contributed by atoms with E-state index in [1.54, 1.807) is 12.1 Å². The molecule has 2 heterocycles. The fourth-order valence-electron chi connectivity index (χ4n) is 5.24. The molecule has 7 nitrogen and oxygen atoms in total. The molecule has 2 amide bonds. The molecular weight excluding hydrogens is 394 g/mol. The maximum atomic E-state index is 13.1. The van der Waals surface area contributed by atoms with Gasteiger partial charge in [-0.3, -0.25) is 14.4 Å². The normalized spacial score (nSPS) is 23.4. The first-order chi connectivity index (χ1) is 14.9. The van der Waals surface area contributed by atoms with Gasteiger partial charge in [0.15, 0.2) is 0 Å². The van der Waals surface area contributed by atoms with Crippen molar-refractivity contribution in [2.75, 3.05) is 39.0 Å². The minimum absolute atomic E-state index is 0.0500. The van der Waals surface area contributed by atoms with Crippen LogP contribution in [-0.2, 0) is 14.3 Å². The molecule has 0 aromatic heterocycles. The number of hydrogen-bond acceptors (Lipinski definition) is 5. The zero-order valence-corrected chi connectivity index (χ0v) is 18.6. The number of benzene rings is 1. The van der Waals surface area contributed by atoms with Gasteiger partial charge in [0.2, 0.25) is 5.91 Å². The summed E-state index contributed by atoms with van der Waals surface area (Å²) in [5.41, 5.74) is 0.788. The number of nitrogens with zero attached hydrogens (tertiary/aromatic N) is 2. The number of piperidine rings is 1. The monoisotopic (exact) mass is 427 g/mol. The highest BCUT2D eigenvalue weighted by Crippen LogP contribution is 2.43. The smallest absolute Gasteiger partial charge is 0.312 e. The Morgan fingerprint density at radius 1 is 1.19 bits per heavy atom. The number of likely N-dealkylation sites (tertiary alicyclic amines) is 1. The average molecular weight is 428 g/mol. The van der Waals surface area contributed by atoms with Crippen LogP contribution < -0.4 is 5.32 Å². The zero-order valence-electron chi connectivity index (χ0n) is 18.6. The van der Waals surface area contributed by atoms with Crippen molar-refractivity contribution < 1.29 is 19.1 Å². The van der Waals surface area contributed by atoms with Gasteiger partial charge in [-0.25, -0.2) is 0 Å². The molecule has 3 fully saturated rings. The summed E-state index contributed by atoms with van der Waals surface area (Å²) in [6, 6.07) is 7.18. The molecule has 1 aromatic rings. The van der Waals surface area contributed by atoms with Crippen molar-refractivity contribution in [3.05, 3.63) is 29.8 Å². The summed E-state index contributed by atoms with van der Waals surface area (Å²) >= 11 is 0. The second-order valence-electron chi connectivity index (χ2n) is 9.62. The minimum Gasteiger partial charge on any atom is -0.461 e. The quantitative estimate of drug-likeness (QED) is 0.731. The Morgan fingerprint density at radius 2 is 1.90 bits per heavy atom. The number of ether oxygens (including phenoxy) is 1. The lowest BCUT2D eigenvalue weighted by molar-refractivity contribution is -0.150. The van der Waals surface area contributed by atoms with E-state index in [9.17, 15) is 14.4 Å². The number of rotatable bonds is 5. The standard InChI is InChI=1S/C24H33N3O4/c1-26(2)16-20-15-24(23(30)31-20)10-12-27(13-11-24)22(29)18-8-5-9-19(14-18)25-21(28)17-6-3-4-7-17/h5,8-9,14,17,20H,3-4,6-7,10-13,15-16H2,1-2H3,(H,25,28). The first-order valence-corrected chi connectivity index (χ1v) is 11.4. The van der Waals surface area contributed by atoms with Crippen molar-refractivity contribution in [2.24, 2.45) is 11.3 Å². The van der Waals surface area contributed by atoms with Gasteiger partial charge in [-0.15, -0.1) is 0 Å². The van der Waals surface area contributed by atoms with Crippen LogP contribution in [0.15, 0.2) is 24.3 Å². The lowest BCUT2D eigenvalue weighted by Gasteiger charge is -2.36. The van der Waals surface area contributed by atoms with E-state index in [2.05, 4.69) is 5.32 Å². The summed E-state index contributed by atoms with van der Waals surface area (Å²) in [7, 11) is 3.95. The molecule has 1 aromatic carbocycles. The van der Waals surface area contributed by atoms with Crippen molar-refractivity contribution in [1.82, 2.24) is 9.80 Å². The highest BCUT2D eigenvalue weighted by atomic mass is 16.6. The Kier molecular flexibility index (Phi) is 6.32. The van der Waals surface area contributed by atoms with E-state index in [1.807, 2.05) is 36.0 Å². The van der Waals surface area contributed by atoms with Gasteiger partial charge < -0.3 is 19.9 Å². The predicted octanol–water partition coefficient (Wildman–Crippen LogP) is 2.91. The number of hydrogen-bond donors (Lipinski definition) is 1. The second kappa shape index (κ2) is 8.99. The first-order valence-electron chi connectivity index (χ1n) is 11.4. The lowest BCUT2D eigenvalue weighted by Crippen LogP contribution is -2.45. The fraction of sp³-hybridized carbons (Fsp3) is 0.625. The van der Waals surface area contributed by atoms with E-state index < -0.39 is 5.41 Å². The summed E-state index contributed by atoms with van der Waals surface area (Å²) in [4.78, 5) is 41.9. The van der Waals surface area contributed by atoms with Crippen molar-refractivity contribution in [3.8, 4) is 0 Å². The van der Waals surface area contributed by atoms with Crippen LogP contribution in [0.3, 0.4) is 0 Å². The number of carbonyl (C=O) groups is 3. The van der Waals surface area contributed by atoms with Gasteiger partial charge in [0.05, 0.1) is 5.41 Å². The van der Waals surface area contributed by atoms with Gasteiger partial charge >= 0.3 is 5.97 Å². The SMILES string of the molecule is CN(C)CC1CC2(CCN(C(=O)c3cccc(NC(=O)C4CCCC4)c3)CC2)C(=O)O1. The van der Waals surface area contributed by atoms with Crippen LogP contribution in [0.4, 0.5) is 5.69 Å². The molecule has 168 valence electrons. The van der Waals surface area contributed by atoms with Crippen LogP contribution in [0, 0.1) is 11.3 Å². The summed E-state index contributed by atoms with van der Waals surface area (Å²) in [5, 5.41) is 2.97. The maximum Gasteiger partial charge on any atom is 0.312 e. The van der Waals surface area contributed by atoms with Gasteiger partial charge in [0.1, 0.15) is 6.10 Å².